The van der Waals surface area contributed by atoms with Crippen molar-refractivity contribution in [3.63, 3.8) is 0 Å². The number of likely N-dealkylation sites (tertiary alicyclic amines) is 1. The van der Waals surface area contributed by atoms with Gasteiger partial charge in [0, 0.05) is 6.54 Å². The summed E-state index contributed by atoms with van der Waals surface area (Å²) in [6, 6.07) is 0. The smallest absolute Gasteiger partial charge is 0.325 e. The molecule has 1 aliphatic rings. The van der Waals surface area contributed by atoms with Crippen LogP contribution in [0.25, 0.3) is 0 Å². The van der Waals surface area contributed by atoms with Gasteiger partial charge in [0.25, 0.3) is 0 Å². The SMILES string of the molecule is CCCN1CC(=O)C(C(=O)OC)C1=O. The summed E-state index contributed by atoms with van der Waals surface area (Å²) < 4.78 is 4.39. The lowest BCUT2D eigenvalue weighted by molar-refractivity contribution is -0.152. The molecule has 0 bridgehead atoms. The van der Waals surface area contributed by atoms with Crippen LogP contribution in [0.3, 0.4) is 0 Å². The molecule has 0 radical (unpaired) electrons. The van der Waals surface area contributed by atoms with E-state index in [9.17, 15) is 14.4 Å². The molecule has 0 aromatic heterocycles. The second-order valence-corrected chi connectivity index (χ2v) is 3.18. The lowest BCUT2D eigenvalue weighted by Gasteiger charge is -2.12. The molecule has 0 aromatic carbocycles. The molecular weight excluding hydrogens is 186 g/mol. The first kappa shape index (κ1) is 10.7. The zero-order valence-corrected chi connectivity index (χ0v) is 8.28. The topological polar surface area (TPSA) is 63.7 Å². The van der Waals surface area contributed by atoms with E-state index in [2.05, 4.69) is 4.74 Å². The van der Waals surface area contributed by atoms with Gasteiger partial charge in [-0.1, -0.05) is 6.92 Å². The summed E-state index contributed by atoms with van der Waals surface area (Å²) in [6.07, 6.45) is 0.771. The maximum Gasteiger partial charge on any atom is 0.325 e. The number of amides is 1. The number of ether oxygens (including phenoxy) is 1. The molecule has 5 heteroatoms. The van der Waals surface area contributed by atoms with Crippen molar-refractivity contribution in [2.24, 2.45) is 5.92 Å². The Balaban J connectivity index is 2.75. The van der Waals surface area contributed by atoms with Crippen LogP contribution in [0.15, 0.2) is 0 Å². The lowest BCUT2D eigenvalue weighted by atomic mass is 10.1. The minimum Gasteiger partial charge on any atom is -0.468 e. The van der Waals surface area contributed by atoms with Gasteiger partial charge in [0.05, 0.1) is 13.7 Å². The monoisotopic (exact) mass is 199 g/mol. The third-order valence-electron chi connectivity index (χ3n) is 2.16. The Morgan fingerprint density at radius 1 is 1.57 bits per heavy atom. The molecule has 0 spiro atoms. The number of rotatable bonds is 3. The molecule has 1 fully saturated rings. The minimum atomic E-state index is -1.22. The summed E-state index contributed by atoms with van der Waals surface area (Å²) in [6.45, 7) is 2.45. The Labute approximate surface area is 82.0 Å². The molecule has 14 heavy (non-hydrogen) atoms. The van der Waals surface area contributed by atoms with E-state index in [1.165, 1.54) is 12.0 Å². The van der Waals surface area contributed by atoms with Gasteiger partial charge in [-0.2, -0.15) is 0 Å². The van der Waals surface area contributed by atoms with Gasteiger partial charge >= 0.3 is 5.97 Å². The average molecular weight is 199 g/mol. The normalized spacial score (nSPS) is 21.6. The molecule has 0 N–H and O–H groups in total. The van der Waals surface area contributed by atoms with Gasteiger partial charge in [0.1, 0.15) is 0 Å². The fourth-order valence-electron chi connectivity index (χ4n) is 1.49. The zero-order valence-electron chi connectivity index (χ0n) is 8.28. The third kappa shape index (κ3) is 1.76. The van der Waals surface area contributed by atoms with Gasteiger partial charge in [-0.25, -0.2) is 0 Å². The fraction of sp³-hybridized carbons (Fsp3) is 0.667. The Kier molecular flexibility index (Phi) is 3.22. The first-order valence-electron chi connectivity index (χ1n) is 4.51. The van der Waals surface area contributed by atoms with E-state index in [-0.39, 0.29) is 12.3 Å². The summed E-state index contributed by atoms with van der Waals surface area (Å²) in [7, 11) is 1.17. The van der Waals surface area contributed by atoms with Crippen molar-refractivity contribution in [1.29, 1.82) is 0 Å². The van der Waals surface area contributed by atoms with E-state index in [1.807, 2.05) is 6.92 Å². The van der Waals surface area contributed by atoms with Crippen molar-refractivity contribution in [1.82, 2.24) is 4.90 Å². The highest BCUT2D eigenvalue weighted by molar-refractivity contribution is 6.21. The highest BCUT2D eigenvalue weighted by Crippen LogP contribution is 2.16. The Hall–Kier alpha value is -1.39. The maximum atomic E-state index is 11.5. The van der Waals surface area contributed by atoms with Gasteiger partial charge in [-0.05, 0) is 6.42 Å². The third-order valence-corrected chi connectivity index (χ3v) is 2.16. The summed E-state index contributed by atoms with van der Waals surface area (Å²) >= 11 is 0. The largest absolute Gasteiger partial charge is 0.468 e. The molecule has 78 valence electrons. The number of carbonyl (C=O) groups excluding carboxylic acids is 3. The molecule has 1 aliphatic heterocycles. The van der Waals surface area contributed by atoms with Crippen molar-refractivity contribution in [3.05, 3.63) is 0 Å². The second kappa shape index (κ2) is 4.21. The van der Waals surface area contributed by atoms with Crippen molar-refractivity contribution in [2.75, 3.05) is 20.2 Å². The van der Waals surface area contributed by atoms with Crippen LogP contribution < -0.4 is 0 Å². The summed E-state index contributed by atoms with van der Waals surface area (Å²) in [5, 5.41) is 0. The van der Waals surface area contributed by atoms with Crippen molar-refractivity contribution in [2.45, 2.75) is 13.3 Å². The quantitative estimate of drug-likeness (QED) is 0.458. The first-order chi connectivity index (χ1) is 6.61. The summed E-state index contributed by atoms with van der Waals surface area (Å²) in [5.41, 5.74) is 0. The number of methoxy groups -OCH3 is 1. The minimum absolute atomic E-state index is 0.0342. The fourth-order valence-corrected chi connectivity index (χ4v) is 1.49. The maximum absolute atomic E-state index is 11.5. The Morgan fingerprint density at radius 2 is 2.21 bits per heavy atom. The number of hydrogen-bond acceptors (Lipinski definition) is 4. The van der Waals surface area contributed by atoms with Gasteiger partial charge in [-0.3, -0.25) is 14.4 Å². The number of carbonyl (C=O) groups is 3. The number of nitrogens with zero attached hydrogens (tertiary/aromatic N) is 1. The van der Waals surface area contributed by atoms with Crippen LogP contribution in [-0.2, 0) is 19.1 Å². The van der Waals surface area contributed by atoms with Crippen molar-refractivity contribution >= 4 is 17.7 Å². The molecule has 1 amide bonds. The van der Waals surface area contributed by atoms with Crippen LogP contribution in [0.4, 0.5) is 0 Å². The van der Waals surface area contributed by atoms with E-state index >= 15 is 0 Å². The molecule has 1 rings (SSSR count). The van der Waals surface area contributed by atoms with E-state index in [1.54, 1.807) is 0 Å². The molecule has 0 aromatic rings. The van der Waals surface area contributed by atoms with Crippen LogP contribution in [0.2, 0.25) is 0 Å². The molecule has 0 saturated carbocycles. The molecule has 1 atom stereocenters. The lowest BCUT2D eigenvalue weighted by Crippen LogP contribution is -2.32. The van der Waals surface area contributed by atoms with Gasteiger partial charge in [0.2, 0.25) is 5.91 Å². The van der Waals surface area contributed by atoms with Crippen LogP contribution in [0.1, 0.15) is 13.3 Å². The highest BCUT2D eigenvalue weighted by atomic mass is 16.5. The molecule has 1 unspecified atom stereocenters. The van der Waals surface area contributed by atoms with Gasteiger partial charge in [-0.15, -0.1) is 0 Å². The van der Waals surface area contributed by atoms with Crippen LogP contribution in [0.5, 0.6) is 0 Å². The van der Waals surface area contributed by atoms with Gasteiger partial charge < -0.3 is 9.64 Å². The molecule has 1 heterocycles. The standard InChI is InChI=1S/C9H13NO4/c1-3-4-10-5-6(11)7(8(10)12)9(13)14-2/h7H,3-5H2,1-2H3. The molecule has 1 saturated heterocycles. The van der Waals surface area contributed by atoms with Crippen LogP contribution in [-0.4, -0.2) is 42.8 Å². The number of hydrogen-bond donors (Lipinski definition) is 0. The van der Waals surface area contributed by atoms with Crippen LogP contribution >= 0.6 is 0 Å². The molecule has 5 nitrogen and oxygen atoms in total. The number of esters is 1. The average Bonchev–Trinajstić information content (AvgIpc) is 2.42. The summed E-state index contributed by atoms with van der Waals surface area (Å²) in [5.74, 6) is -2.76. The number of Topliss-reactive ketones (excluding diaryl/α,β-unsaturated/α-hetero) is 1. The molecular formula is C9H13NO4. The van der Waals surface area contributed by atoms with Gasteiger partial charge in [0.15, 0.2) is 11.7 Å². The summed E-state index contributed by atoms with van der Waals surface area (Å²) in [4.78, 5) is 35.3. The Bertz CT molecular complexity index is 274. The van der Waals surface area contributed by atoms with E-state index in [4.69, 9.17) is 0 Å². The van der Waals surface area contributed by atoms with E-state index in [0.29, 0.717) is 6.54 Å². The predicted octanol–water partition coefficient (Wildman–Crippen LogP) is -0.403. The second-order valence-electron chi connectivity index (χ2n) is 3.18. The first-order valence-corrected chi connectivity index (χ1v) is 4.51. The predicted molar refractivity (Wildman–Crippen MR) is 47.4 cm³/mol. The number of ketones is 1. The zero-order chi connectivity index (χ0) is 10.7. The highest BCUT2D eigenvalue weighted by Gasteiger charge is 2.44. The Morgan fingerprint density at radius 3 is 2.71 bits per heavy atom. The van der Waals surface area contributed by atoms with Crippen LogP contribution in [0, 0.1) is 5.92 Å². The van der Waals surface area contributed by atoms with Crippen molar-refractivity contribution in [3.8, 4) is 0 Å². The van der Waals surface area contributed by atoms with E-state index < -0.39 is 17.8 Å². The van der Waals surface area contributed by atoms with E-state index in [0.717, 1.165) is 6.42 Å². The van der Waals surface area contributed by atoms with Crippen molar-refractivity contribution < 1.29 is 19.1 Å². The molecule has 0 aliphatic carbocycles.